The highest BCUT2D eigenvalue weighted by Crippen LogP contribution is 2.40. The van der Waals surface area contributed by atoms with E-state index >= 15 is 0 Å². The molecule has 2 heterocycles. The van der Waals surface area contributed by atoms with Crippen LogP contribution in [0.4, 0.5) is 0 Å². The number of nitrogens with zero attached hydrogens (tertiary/aromatic N) is 3. The van der Waals surface area contributed by atoms with E-state index in [2.05, 4.69) is 164 Å². The molecule has 0 atom stereocenters. The highest BCUT2D eigenvalue weighted by atomic mass is 16.3. The fourth-order valence-corrected chi connectivity index (χ4v) is 8.16. The molecule has 0 amide bonds. The third kappa shape index (κ3) is 5.19. The van der Waals surface area contributed by atoms with E-state index in [1.165, 1.54) is 32.7 Å². The van der Waals surface area contributed by atoms with Gasteiger partial charge in [0.1, 0.15) is 11.2 Å². The van der Waals surface area contributed by atoms with Crippen LogP contribution < -0.4 is 0 Å². The van der Waals surface area contributed by atoms with Crippen LogP contribution in [-0.4, -0.2) is 15.0 Å². The second-order valence-corrected chi connectivity index (χ2v) is 13.9. The Balaban J connectivity index is 1.15. The highest BCUT2D eigenvalue weighted by Gasteiger charge is 2.20. The lowest BCUT2D eigenvalue weighted by atomic mass is 9.92. The SMILES string of the molecule is c1cc(-c2nc(-c3ccc(-c4cccc5ccccc45)c4ccccc34)nc(-c3cccc4c3oc3ccccc34)n2)cc(-c2cccc3ccccc23)c1. The highest BCUT2D eigenvalue weighted by molar-refractivity contribution is 6.11. The van der Waals surface area contributed by atoms with E-state index < -0.39 is 0 Å². The predicted octanol–water partition coefficient (Wildman–Crippen LogP) is 13.6. The molecule has 0 bridgehead atoms. The van der Waals surface area contributed by atoms with Gasteiger partial charge in [-0.3, -0.25) is 0 Å². The van der Waals surface area contributed by atoms with E-state index in [9.17, 15) is 0 Å². The van der Waals surface area contributed by atoms with E-state index in [1.54, 1.807) is 0 Å². The molecule has 0 fully saturated rings. The third-order valence-corrected chi connectivity index (χ3v) is 10.7. The van der Waals surface area contributed by atoms with Crippen molar-refractivity contribution in [1.82, 2.24) is 15.0 Å². The van der Waals surface area contributed by atoms with Gasteiger partial charge < -0.3 is 4.42 Å². The maximum atomic E-state index is 6.52. The summed E-state index contributed by atoms with van der Waals surface area (Å²) in [6.07, 6.45) is 0. The number of hydrogen-bond donors (Lipinski definition) is 0. The Kier molecular flexibility index (Phi) is 7.14. The van der Waals surface area contributed by atoms with Gasteiger partial charge in [0, 0.05) is 21.9 Å². The van der Waals surface area contributed by atoms with Gasteiger partial charge in [-0.1, -0.05) is 164 Å². The van der Waals surface area contributed by atoms with Gasteiger partial charge in [0.05, 0.1) is 5.56 Å². The molecule has 0 aliphatic heterocycles. The van der Waals surface area contributed by atoms with Gasteiger partial charge in [-0.15, -0.1) is 0 Å². The number of benzene rings is 9. The number of hydrogen-bond acceptors (Lipinski definition) is 4. The van der Waals surface area contributed by atoms with Gasteiger partial charge in [-0.05, 0) is 78.8 Å². The summed E-state index contributed by atoms with van der Waals surface area (Å²) >= 11 is 0. The van der Waals surface area contributed by atoms with Crippen LogP contribution in [0.5, 0.6) is 0 Å². The van der Waals surface area contributed by atoms with Crippen molar-refractivity contribution in [2.45, 2.75) is 0 Å². The first-order chi connectivity index (χ1) is 27.3. The molecule has 2 aromatic heterocycles. The van der Waals surface area contributed by atoms with Crippen molar-refractivity contribution in [3.63, 3.8) is 0 Å². The van der Waals surface area contributed by atoms with Crippen LogP contribution in [0.15, 0.2) is 192 Å². The molecule has 0 unspecified atom stereocenters. The summed E-state index contributed by atoms with van der Waals surface area (Å²) in [6.45, 7) is 0. The summed E-state index contributed by atoms with van der Waals surface area (Å²) in [5.41, 5.74) is 8.87. The maximum Gasteiger partial charge on any atom is 0.167 e. The maximum absolute atomic E-state index is 6.52. The number of fused-ring (bicyclic) bond motifs is 6. The molecule has 0 radical (unpaired) electrons. The second-order valence-electron chi connectivity index (χ2n) is 13.9. The minimum Gasteiger partial charge on any atom is -0.455 e. The molecule has 0 N–H and O–H groups in total. The zero-order valence-corrected chi connectivity index (χ0v) is 29.6. The fraction of sp³-hybridized carbons (Fsp3) is 0. The molecule has 11 aromatic rings. The van der Waals surface area contributed by atoms with Crippen molar-refractivity contribution in [2.24, 2.45) is 0 Å². The molecule has 0 saturated heterocycles. The molecule has 256 valence electrons. The van der Waals surface area contributed by atoms with E-state index in [0.717, 1.165) is 60.5 Å². The smallest absolute Gasteiger partial charge is 0.167 e. The number of rotatable bonds is 5. The third-order valence-electron chi connectivity index (χ3n) is 10.7. The zero-order chi connectivity index (χ0) is 36.3. The van der Waals surface area contributed by atoms with Crippen molar-refractivity contribution in [1.29, 1.82) is 0 Å². The van der Waals surface area contributed by atoms with Crippen molar-refractivity contribution < 1.29 is 4.42 Å². The Hall–Kier alpha value is -7.43. The standard InChI is InChI=1S/C51H31N3O/c1-3-19-36-32(13-1)15-10-24-38(36)34-17-9-18-35(31-34)49-52-50(54-51(53-49)46-27-12-26-44-43-23-7-8-28-47(43)55-48(44)46)45-30-29-42(40-21-5-6-22-41(40)45)39-25-11-16-33-14-2-4-20-37(33)39/h1-31H. The summed E-state index contributed by atoms with van der Waals surface area (Å²) in [4.78, 5) is 15.7. The monoisotopic (exact) mass is 701 g/mol. The molecule has 55 heavy (non-hydrogen) atoms. The van der Waals surface area contributed by atoms with Gasteiger partial charge in [0.2, 0.25) is 0 Å². The molecular weight excluding hydrogens is 671 g/mol. The summed E-state index contributed by atoms with van der Waals surface area (Å²) in [7, 11) is 0. The predicted molar refractivity (Wildman–Crippen MR) is 227 cm³/mol. The van der Waals surface area contributed by atoms with Crippen LogP contribution in [0.2, 0.25) is 0 Å². The number of para-hydroxylation sites is 2. The Labute approximate surface area is 317 Å². The lowest BCUT2D eigenvalue weighted by Gasteiger charge is -2.14. The van der Waals surface area contributed by atoms with Gasteiger partial charge in [0.25, 0.3) is 0 Å². The van der Waals surface area contributed by atoms with Crippen LogP contribution >= 0.6 is 0 Å². The van der Waals surface area contributed by atoms with Crippen molar-refractivity contribution in [3.05, 3.63) is 188 Å². The lowest BCUT2D eigenvalue weighted by Crippen LogP contribution is -2.01. The average Bonchev–Trinajstić information content (AvgIpc) is 3.65. The summed E-state index contributed by atoms with van der Waals surface area (Å²) < 4.78 is 6.52. The number of aromatic nitrogens is 3. The van der Waals surface area contributed by atoms with E-state index in [1.807, 2.05) is 24.3 Å². The first-order valence-corrected chi connectivity index (χ1v) is 18.5. The molecule has 9 aromatic carbocycles. The largest absolute Gasteiger partial charge is 0.455 e. The molecule has 4 heteroatoms. The Morgan fingerprint density at radius 2 is 0.764 bits per heavy atom. The molecule has 0 aliphatic rings. The molecule has 11 rings (SSSR count). The van der Waals surface area contributed by atoms with E-state index in [-0.39, 0.29) is 0 Å². The van der Waals surface area contributed by atoms with Crippen LogP contribution in [-0.2, 0) is 0 Å². The van der Waals surface area contributed by atoms with Gasteiger partial charge in [0.15, 0.2) is 17.5 Å². The molecule has 0 saturated carbocycles. The quantitative estimate of drug-likeness (QED) is 0.179. The van der Waals surface area contributed by atoms with Gasteiger partial charge in [-0.2, -0.15) is 0 Å². The zero-order valence-electron chi connectivity index (χ0n) is 29.6. The molecular formula is C51H31N3O. The molecule has 0 spiro atoms. The van der Waals surface area contributed by atoms with E-state index in [4.69, 9.17) is 19.4 Å². The van der Waals surface area contributed by atoms with Crippen LogP contribution in [0.1, 0.15) is 0 Å². The lowest BCUT2D eigenvalue weighted by molar-refractivity contribution is 0.669. The van der Waals surface area contributed by atoms with Gasteiger partial charge >= 0.3 is 0 Å². The van der Waals surface area contributed by atoms with Crippen LogP contribution in [0.3, 0.4) is 0 Å². The minimum atomic E-state index is 0.558. The fourth-order valence-electron chi connectivity index (χ4n) is 8.16. The summed E-state index contributed by atoms with van der Waals surface area (Å²) in [5.74, 6) is 1.75. The first kappa shape index (κ1) is 31.1. The van der Waals surface area contributed by atoms with Crippen molar-refractivity contribution >= 4 is 54.3 Å². The minimum absolute atomic E-state index is 0.558. The summed E-state index contributed by atoms with van der Waals surface area (Å²) in [5, 5.41) is 9.13. The molecule has 0 aliphatic carbocycles. The molecule has 4 nitrogen and oxygen atoms in total. The Morgan fingerprint density at radius 3 is 1.55 bits per heavy atom. The second kappa shape index (κ2) is 12.6. The summed E-state index contributed by atoms with van der Waals surface area (Å²) in [6, 6.07) is 65.8. The Bertz CT molecular complexity index is 3280. The van der Waals surface area contributed by atoms with Crippen molar-refractivity contribution in [3.8, 4) is 56.4 Å². The van der Waals surface area contributed by atoms with Crippen LogP contribution in [0.25, 0.3) is 111 Å². The van der Waals surface area contributed by atoms with Crippen LogP contribution in [0, 0.1) is 0 Å². The Morgan fingerprint density at radius 1 is 0.291 bits per heavy atom. The normalized spacial score (nSPS) is 11.6. The van der Waals surface area contributed by atoms with Crippen molar-refractivity contribution in [2.75, 3.05) is 0 Å². The first-order valence-electron chi connectivity index (χ1n) is 18.5. The number of furan rings is 1. The average molecular weight is 702 g/mol. The van der Waals surface area contributed by atoms with Gasteiger partial charge in [-0.25, -0.2) is 15.0 Å². The topological polar surface area (TPSA) is 51.8 Å². The van der Waals surface area contributed by atoms with E-state index in [0.29, 0.717) is 17.5 Å².